The molecule has 0 spiro atoms. The first-order valence-corrected chi connectivity index (χ1v) is 7.03. The first kappa shape index (κ1) is 12.5. The van der Waals surface area contributed by atoms with Crippen LogP contribution in [0.2, 0.25) is 0 Å². The number of rotatable bonds is 3. The van der Waals surface area contributed by atoms with Crippen LogP contribution in [0.15, 0.2) is 9.42 Å². The van der Waals surface area contributed by atoms with E-state index >= 15 is 0 Å². The Kier molecular flexibility index (Phi) is 3.24. The lowest BCUT2D eigenvalue weighted by Gasteiger charge is -2.16. The Hall–Kier alpha value is -0.920. The van der Waals surface area contributed by atoms with E-state index in [1.54, 1.807) is 13.8 Å². The summed E-state index contributed by atoms with van der Waals surface area (Å²) in [5.74, 6) is 0.266. The second kappa shape index (κ2) is 4.40. The Balaban J connectivity index is 2.25. The summed E-state index contributed by atoms with van der Waals surface area (Å²) in [7, 11) is -3.66. The van der Waals surface area contributed by atoms with Gasteiger partial charge in [0.2, 0.25) is 10.0 Å². The summed E-state index contributed by atoms with van der Waals surface area (Å²) in [6, 6.07) is -0.409. The molecular formula is C10H16N2O4S. The molecule has 6 nitrogen and oxygen atoms in total. The van der Waals surface area contributed by atoms with Gasteiger partial charge in [-0.05, 0) is 33.1 Å². The van der Waals surface area contributed by atoms with E-state index in [4.69, 9.17) is 4.52 Å². The molecule has 1 aliphatic rings. The number of hydrogen-bond acceptors (Lipinski definition) is 5. The van der Waals surface area contributed by atoms with Gasteiger partial charge in [0.1, 0.15) is 10.6 Å². The maximum absolute atomic E-state index is 12.1. The van der Waals surface area contributed by atoms with Crippen LogP contribution < -0.4 is 4.72 Å². The molecule has 7 heteroatoms. The van der Waals surface area contributed by atoms with E-state index in [-0.39, 0.29) is 10.7 Å². The fourth-order valence-corrected chi connectivity index (χ4v) is 3.83. The predicted molar refractivity (Wildman–Crippen MR) is 59.9 cm³/mol. The molecule has 2 unspecified atom stereocenters. The van der Waals surface area contributed by atoms with Crippen LogP contribution in [0.1, 0.15) is 30.7 Å². The summed E-state index contributed by atoms with van der Waals surface area (Å²) in [4.78, 5) is 0.0802. The summed E-state index contributed by atoms with van der Waals surface area (Å²) in [6.07, 6.45) is 1.51. The van der Waals surface area contributed by atoms with Gasteiger partial charge in [-0.3, -0.25) is 0 Å². The van der Waals surface area contributed by atoms with Gasteiger partial charge in [0.15, 0.2) is 5.76 Å². The van der Waals surface area contributed by atoms with E-state index in [1.165, 1.54) is 0 Å². The third-order valence-electron chi connectivity index (χ3n) is 3.02. The molecular weight excluding hydrogens is 244 g/mol. The van der Waals surface area contributed by atoms with Crippen LogP contribution in [-0.4, -0.2) is 30.8 Å². The largest absolute Gasteiger partial charge is 0.391 e. The van der Waals surface area contributed by atoms with Crippen molar-refractivity contribution in [1.82, 2.24) is 9.88 Å². The third-order valence-corrected chi connectivity index (χ3v) is 4.76. The van der Waals surface area contributed by atoms with E-state index in [1.807, 2.05) is 0 Å². The number of aromatic nitrogens is 1. The van der Waals surface area contributed by atoms with Gasteiger partial charge >= 0.3 is 0 Å². The molecule has 1 aliphatic carbocycles. The molecule has 0 saturated heterocycles. The molecule has 0 radical (unpaired) electrons. The second-order valence-electron chi connectivity index (χ2n) is 4.38. The average Bonchev–Trinajstić information content (AvgIpc) is 2.74. The molecule has 2 rings (SSSR count). The number of nitrogens with one attached hydrogen (secondary N) is 1. The van der Waals surface area contributed by atoms with Gasteiger partial charge in [-0.15, -0.1) is 0 Å². The lowest BCUT2D eigenvalue weighted by molar-refractivity contribution is 0.159. The number of aliphatic hydroxyl groups is 1. The van der Waals surface area contributed by atoms with Crippen molar-refractivity contribution in [2.45, 2.75) is 50.2 Å². The number of nitrogens with zero attached hydrogens (tertiary/aromatic N) is 1. The van der Waals surface area contributed by atoms with Crippen molar-refractivity contribution in [3.8, 4) is 0 Å². The normalized spacial score (nSPS) is 25.4. The van der Waals surface area contributed by atoms with Crippen LogP contribution in [0.4, 0.5) is 0 Å². The SMILES string of the molecule is Cc1noc(C)c1S(=O)(=O)NC1CCCC1O. The molecule has 1 saturated carbocycles. The van der Waals surface area contributed by atoms with E-state index < -0.39 is 22.2 Å². The van der Waals surface area contributed by atoms with Crippen molar-refractivity contribution >= 4 is 10.0 Å². The summed E-state index contributed by atoms with van der Waals surface area (Å²) in [5.41, 5.74) is 0.336. The van der Waals surface area contributed by atoms with Crippen molar-refractivity contribution in [2.24, 2.45) is 0 Å². The zero-order valence-electron chi connectivity index (χ0n) is 9.80. The highest BCUT2D eigenvalue weighted by atomic mass is 32.2. The summed E-state index contributed by atoms with van der Waals surface area (Å²) in [5, 5.41) is 13.2. The minimum absolute atomic E-state index is 0.0802. The van der Waals surface area contributed by atoms with Crippen LogP contribution >= 0.6 is 0 Å². The van der Waals surface area contributed by atoms with Gasteiger partial charge in [-0.1, -0.05) is 5.16 Å². The summed E-state index contributed by atoms with van der Waals surface area (Å²) < 4.78 is 31.6. The third kappa shape index (κ3) is 2.36. The fourth-order valence-electron chi connectivity index (χ4n) is 2.19. The highest BCUT2D eigenvalue weighted by Crippen LogP contribution is 2.23. The van der Waals surface area contributed by atoms with Gasteiger partial charge in [0.25, 0.3) is 0 Å². The minimum Gasteiger partial charge on any atom is -0.391 e. The Bertz CT molecular complexity index is 489. The van der Waals surface area contributed by atoms with Crippen LogP contribution in [0.25, 0.3) is 0 Å². The lowest BCUT2D eigenvalue weighted by atomic mass is 10.2. The highest BCUT2D eigenvalue weighted by molar-refractivity contribution is 7.89. The maximum Gasteiger partial charge on any atom is 0.246 e. The van der Waals surface area contributed by atoms with Crippen molar-refractivity contribution in [2.75, 3.05) is 0 Å². The zero-order valence-corrected chi connectivity index (χ0v) is 10.6. The van der Waals surface area contributed by atoms with Crippen molar-refractivity contribution in [1.29, 1.82) is 0 Å². The summed E-state index contributed by atoms with van der Waals surface area (Å²) in [6.45, 7) is 3.13. The predicted octanol–water partition coefficient (Wildman–Crippen LogP) is 0.483. The average molecular weight is 260 g/mol. The number of aliphatic hydroxyl groups excluding tert-OH is 1. The molecule has 96 valence electrons. The minimum atomic E-state index is -3.66. The second-order valence-corrected chi connectivity index (χ2v) is 6.03. The molecule has 1 fully saturated rings. The molecule has 0 amide bonds. The van der Waals surface area contributed by atoms with Crippen LogP contribution in [0.5, 0.6) is 0 Å². The smallest absolute Gasteiger partial charge is 0.246 e. The summed E-state index contributed by atoms with van der Waals surface area (Å²) >= 11 is 0. The quantitative estimate of drug-likeness (QED) is 0.824. The molecule has 0 bridgehead atoms. The Morgan fingerprint density at radius 2 is 2.12 bits per heavy atom. The molecule has 0 aromatic carbocycles. The van der Waals surface area contributed by atoms with Crippen LogP contribution in [0.3, 0.4) is 0 Å². The first-order chi connectivity index (χ1) is 7.92. The van der Waals surface area contributed by atoms with E-state index in [2.05, 4.69) is 9.88 Å². The number of aryl methyl sites for hydroxylation is 2. The van der Waals surface area contributed by atoms with E-state index in [0.717, 1.165) is 6.42 Å². The van der Waals surface area contributed by atoms with Crippen molar-refractivity contribution < 1.29 is 18.0 Å². The zero-order chi connectivity index (χ0) is 12.6. The van der Waals surface area contributed by atoms with Crippen molar-refractivity contribution in [3.63, 3.8) is 0 Å². The Labute approximate surface area is 100 Å². The Morgan fingerprint density at radius 1 is 1.41 bits per heavy atom. The van der Waals surface area contributed by atoms with E-state index in [9.17, 15) is 13.5 Å². The van der Waals surface area contributed by atoms with Gasteiger partial charge in [-0.25, -0.2) is 13.1 Å². The molecule has 17 heavy (non-hydrogen) atoms. The number of hydrogen-bond donors (Lipinski definition) is 2. The lowest BCUT2D eigenvalue weighted by Crippen LogP contribution is -2.40. The van der Waals surface area contributed by atoms with Crippen LogP contribution in [0, 0.1) is 13.8 Å². The van der Waals surface area contributed by atoms with Gasteiger partial charge < -0.3 is 9.63 Å². The van der Waals surface area contributed by atoms with E-state index in [0.29, 0.717) is 18.5 Å². The first-order valence-electron chi connectivity index (χ1n) is 5.55. The molecule has 1 heterocycles. The monoisotopic (exact) mass is 260 g/mol. The Morgan fingerprint density at radius 3 is 2.59 bits per heavy atom. The van der Waals surface area contributed by atoms with Crippen LogP contribution in [-0.2, 0) is 10.0 Å². The van der Waals surface area contributed by atoms with Gasteiger partial charge in [0, 0.05) is 6.04 Å². The standard InChI is InChI=1S/C10H16N2O4S/c1-6-10(7(2)16-11-6)17(14,15)12-8-4-3-5-9(8)13/h8-9,12-13H,3-5H2,1-2H3. The molecule has 1 aromatic rings. The molecule has 1 aromatic heterocycles. The number of sulfonamides is 1. The van der Waals surface area contributed by atoms with Gasteiger partial charge in [0.05, 0.1) is 6.10 Å². The molecule has 2 N–H and O–H groups in total. The van der Waals surface area contributed by atoms with Gasteiger partial charge in [-0.2, -0.15) is 0 Å². The molecule has 0 aliphatic heterocycles. The topological polar surface area (TPSA) is 92.4 Å². The maximum atomic E-state index is 12.1. The fraction of sp³-hybridized carbons (Fsp3) is 0.700. The van der Waals surface area contributed by atoms with Crippen molar-refractivity contribution in [3.05, 3.63) is 11.5 Å². The molecule has 2 atom stereocenters. The highest BCUT2D eigenvalue weighted by Gasteiger charge is 2.32.